The molecule has 0 aliphatic carbocycles. The number of thiophene rings is 1. The van der Waals surface area contributed by atoms with Gasteiger partial charge in [0.2, 0.25) is 5.91 Å². The van der Waals surface area contributed by atoms with Gasteiger partial charge in [-0.2, -0.15) is 0 Å². The van der Waals surface area contributed by atoms with Crippen LogP contribution >= 0.6 is 23.1 Å². The number of aromatic nitrogens is 2. The normalized spacial score (nSPS) is 10.9. The Hall–Kier alpha value is -3.37. The fourth-order valence-corrected chi connectivity index (χ4v) is 4.80. The third-order valence-electron chi connectivity index (χ3n) is 4.81. The minimum atomic E-state index is -0.544. The Bertz CT molecular complexity index is 1370. The summed E-state index contributed by atoms with van der Waals surface area (Å²) in [7, 11) is 3.10. The summed E-state index contributed by atoms with van der Waals surface area (Å²) >= 11 is 2.32. The number of carbonyl (C=O) groups excluding carboxylic acids is 1. The van der Waals surface area contributed by atoms with Crippen LogP contribution in [0, 0.1) is 5.82 Å². The highest BCUT2D eigenvalue weighted by Crippen LogP contribution is 2.28. The van der Waals surface area contributed by atoms with Crippen molar-refractivity contribution >= 4 is 39.2 Å². The minimum Gasteiger partial charge on any atom is -0.493 e. The predicted octanol–water partition coefficient (Wildman–Crippen LogP) is 4.01. The molecule has 0 unspecified atom stereocenters. The third-order valence-corrected chi connectivity index (χ3v) is 6.64. The highest BCUT2D eigenvalue weighted by atomic mass is 32.2. The Morgan fingerprint density at radius 1 is 1.15 bits per heavy atom. The maximum Gasteiger partial charge on any atom is 0.276 e. The van der Waals surface area contributed by atoms with Crippen molar-refractivity contribution in [1.29, 1.82) is 0 Å². The molecular weight excluding hydrogens is 465 g/mol. The van der Waals surface area contributed by atoms with Crippen molar-refractivity contribution in [2.24, 2.45) is 0 Å². The zero-order valence-corrected chi connectivity index (χ0v) is 19.5. The van der Waals surface area contributed by atoms with E-state index in [-0.39, 0.29) is 34.6 Å². The van der Waals surface area contributed by atoms with Crippen LogP contribution < -0.4 is 20.3 Å². The molecule has 0 spiro atoms. The first-order valence-electron chi connectivity index (χ1n) is 9.87. The minimum absolute atomic E-state index is 0.00380. The summed E-state index contributed by atoms with van der Waals surface area (Å²) in [4.78, 5) is 30.1. The van der Waals surface area contributed by atoms with Crippen molar-refractivity contribution in [2.75, 3.05) is 20.0 Å². The number of methoxy groups -OCH3 is 2. The first-order valence-corrected chi connectivity index (χ1v) is 11.7. The topological polar surface area (TPSA) is 82.5 Å². The second-order valence-corrected chi connectivity index (χ2v) is 8.73. The summed E-state index contributed by atoms with van der Waals surface area (Å²) in [6, 6.07) is 13.1. The molecule has 0 saturated heterocycles. The lowest BCUT2D eigenvalue weighted by atomic mass is 10.2. The van der Waals surface area contributed by atoms with E-state index in [0.29, 0.717) is 21.7 Å². The summed E-state index contributed by atoms with van der Waals surface area (Å²) in [5.41, 5.74) is 1.09. The lowest BCUT2D eigenvalue weighted by Crippen LogP contribution is -2.26. The number of para-hydroxylation sites is 1. The SMILES string of the molecule is COc1ccc(CNC(=O)CSc2nc3ccsc3c(=O)n2-c2ccccc2F)cc1OC. The van der Waals surface area contributed by atoms with Gasteiger partial charge in [0.05, 0.1) is 31.2 Å². The van der Waals surface area contributed by atoms with E-state index < -0.39 is 5.82 Å². The van der Waals surface area contributed by atoms with E-state index in [4.69, 9.17) is 9.47 Å². The Balaban J connectivity index is 1.52. The average Bonchev–Trinajstić information content (AvgIpc) is 3.31. The number of fused-ring (bicyclic) bond motifs is 1. The van der Waals surface area contributed by atoms with Crippen LogP contribution in [0.4, 0.5) is 4.39 Å². The summed E-state index contributed by atoms with van der Waals surface area (Å²) in [6.45, 7) is 0.289. The fraction of sp³-hybridized carbons (Fsp3) is 0.174. The van der Waals surface area contributed by atoms with Gasteiger partial charge in [-0.25, -0.2) is 9.37 Å². The second-order valence-electron chi connectivity index (χ2n) is 6.88. The van der Waals surface area contributed by atoms with E-state index in [1.165, 1.54) is 28.0 Å². The molecule has 7 nitrogen and oxygen atoms in total. The molecule has 1 N–H and O–H groups in total. The number of rotatable bonds is 8. The number of amides is 1. The van der Waals surface area contributed by atoms with Gasteiger partial charge in [-0.3, -0.25) is 14.2 Å². The Labute approximate surface area is 197 Å². The van der Waals surface area contributed by atoms with Gasteiger partial charge in [0.15, 0.2) is 16.7 Å². The van der Waals surface area contributed by atoms with Crippen molar-refractivity contribution < 1.29 is 18.7 Å². The van der Waals surface area contributed by atoms with Crippen LogP contribution in [-0.2, 0) is 11.3 Å². The number of halogens is 1. The third kappa shape index (κ3) is 4.86. The highest BCUT2D eigenvalue weighted by Gasteiger charge is 2.18. The van der Waals surface area contributed by atoms with Gasteiger partial charge >= 0.3 is 0 Å². The van der Waals surface area contributed by atoms with Crippen molar-refractivity contribution in [3.05, 3.63) is 75.6 Å². The zero-order chi connectivity index (χ0) is 23.4. The van der Waals surface area contributed by atoms with Crippen LogP contribution in [0.25, 0.3) is 15.9 Å². The molecule has 4 aromatic rings. The van der Waals surface area contributed by atoms with E-state index in [2.05, 4.69) is 10.3 Å². The number of carbonyl (C=O) groups is 1. The van der Waals surface area contributed by atoms with E-state index in [1.54, 1.807) is 49.9 Å². The smallest absolute Gasteiger partial charge is 0.276 e. The number of thioether (sulfide) groups is 1. The number of hydrogen-bond acceptors (Lipinski definition) is 7. The van der Waals surface area contributed by atoms with Crippen LogP contribution in [-0.4, -0.2) is 35.4 Å². The lowest BCUT2D eigenvalue weighted by molar-refractivity contribution is -0.118. The van der Waals surface area contributed by atoms with E-state index in [1.807, 2.05) is 6.07 Å². The summed E-state index contributed by atoms with van der Waals surface area (Å²) < 4.78 is 26.6. The van der Waals surface area contributed by atoms with Crippen LogP contribution in [0.1, 0.15) is 5.56 Å². The van der Waals surface area contributed by atoms with Crippen molar-refractivity contribution in [3.63, 3.8) is 0 Å². The largest absolute Gasteiger partial charge is 0.493 e. The molecule has 2 aromatic carbocycles. The molecule has 170 valence electrons. The van der Waals surface area contributed by atoms with Gasteiger partial charge in [-0.1, -0.05) is 30.0 Å². The summed E-state index contributed by atoms with van der Waals surface area (Å²) in [5.74, 6) is 0.376. The van der Waals surface area contributed by atoms with Crippen molar-refractivity contribution in [1.82, 2.24) is 14.9 Å². The van der Waals surface area contributed by atoms with Crippen LogP contribution in [0.2, 0.25) is 0 Å². The maximum absolute atomic E-state index is 14.5. The average molecular weight is 486 g/mol. The Morgan fingerprint density at radius 2 is 1.94 bits per heavy atom. The molecule has 10 heteroatoms. The number of hydrogen-bond donors (Lipinski definition) is 1. The molecule has 0 saturated carbocycles. The molecule has 1 amide bonds. The van der Waals surface area contributed by atoms with Gasteiger partial charge in [-0.15, -0.1) is 11.3 Å². The summed E-state index contributed by atoms with van der Waals surface area (Å²) in [5, 5.41) is 4.84. The van der Waals surface area contributed by atoms with Crippen LogP contribution in [0.3, 0.4) is 0 Å². The number of ether oxygens (including phenoxy) is 2. The van der Waals surface area contributed by atoms with Gasteiger partial charge in [0.25, 0.3) is 5.56 Å². The van der Waals surface area contributed by atoms with E-state index in [9.17, 15) is 14.0 Å². The van der Waals surface area contributed by atoms with Crippen molar-refractivity contribution in [2.45, 2.75) is 11.7 Å². The van der Waals surface area contributed by atoms with Gasteiger partial charge in [0, 0.05) is 6.54 Å². The standard InChI is InChI=1S/C23H20FN3O4S2/c1-30-18-8-7-14(11-19(18)31-2)12-25-20(28)13-33-23-26-16-9-10-32-21(16)22(29)27(23)17-6-4-3-5-15(17)24/h3-11H,12-13H2,1-2H3,(H,25,28). The Morgan fingerprint density at radius 3 is 2.70 bits per heavy atom. The number of nitrogens with one attached hydrogen (secondary N) is 1. The van der Waals surface area contributed by atoms with E-state index >= 15 is 0 Å². The number of nitrogens with zero attached hydrogens (tertiary/aromatic N) is 2. The van der Waals surface area contributed by atoms with Crippen LogP contribution in [0.15, 0.2) is 63.9 Å². The predicted molar refractivity (Wildman–Crippen MR) is 127 cm³/mol. The molecule has 0 aliphatic rings. The first kappa shape index (κ1) is 22.8. The fourth-order valence-electron chi connectivity index (χ4n) is 3.21. The van der Waals surface area contributed by atoms with Gasteiger partial charge in [0.1, 0.15) is 10.5 Å². The van der Waals surface area contributed by atoms with Gasteiger partial charge in [-0.05, 0) is 41.3 Å². The molecule has 0 radical (unpaired) electrons. The molecule has 0 aliphatic heterocycles. The zero-order valence-electron chi connectivity index (χ0n) is 17.8. The molecule has 2 aromatic heterocycles. The molecule has 2 heterocycles. The van der Waals surface area contributed by atoms with Gasteiger partial charge < -0.3 is 14.8 Å². The highest BCUT2D eigenvalue weighted by molar-refractivity contribution is 7.99. The first-order chi connectivity index (χ1) is 16.0. The maximum atomic E-state index is 14.5. The molecule has 0 fully saturated rings. The quantitative estimate of drug-likeness (QED) is 0.300. The van der Waals surface area contributed by atoms with Crippen LogP contribution in [0.5, 0.6) is 11.5 Å². The molecular formula is C23H20FN3O4S2. The molecule has 0 bridgehead atoms. The molecule has 33 heavy (non-hydrogen) atoms. The molecule has 4 rings (SSSR count). The monoisotopic (exact) mass is 485 g/mol. The lowest BCUT2D eigenvalue weighted by Gasteiger charge is -2.13. The number of benzene rings is 2. The van der Waals surface area contributed by atoms with Crippen molar-refractivity contribution in [3.8, 4) is 17.2 Å². The molecule has 0 atom stereocenters. The Kier molecular flexibility index (Phi) is 6.95. The van der Waals surface area contributed by atoms with E-state index in [0.717, 1.165) is 17.3 Å². The summed E-state index contributed by atoms with van der Waals surface area (Å²) in [6.07, 6.45) is 0. The second kappa shape index (κ2) is 10.1.